The molecule has 0 saturated heterocycles. The first-order chi connectivity index (χ1) is 10.0. The average Bonchev–Trinajstić information content (AvgIpc) is 2.49. The molecule has 0 bridgehead atoms. The molecule has 1 aromatic heterocycles. The van der Waals surface area contributed by atoms with Crippen molar-refractivity contribution < 1.29 is 4.74 Å². The zero-order chi connectivity index (χ0) is 15.4. The number of rotatable bonds is 5. The molecule has 0 fully saturated rings. The lowest BCUT2D eigenvalue weighted by Gasteiger charge is -2.19. The quantitative estimate of drug-likeness (QED) is 0.640. The molecule has 6 heteroatoms. The van der Waals surface area contributed by atoms with Crippen LogP contribution in [0, 0.1) is 13.8 Å². The minimum absolute atomic E-state index is 0.0393. The Bertz CT molecular complexity index is 633. The van der Waals surface area contributed by atoms with Crippen LogP contribution in [-0.2, 0) is 6.42 Å². The van der Waals surface area contributed by atoms with Crippen LogP contribution < -0.4 is 16.0 Å². The number of aryl methyl sites for hydroxylation is 2. The van der Waals surface area contributed by atoms with E-state index in [-0.39, 0.29) is 6.04 Å². The summed E-state index contributed by atoms with van der Waals surface area (Å²) in [6, 6.07) is 7.88. The first-order valence-corrected chi connectivity index (χ1v) is 7.43. The molecule has 0 radical (unpaired) electrons. The fraction of sp³-hybridized carbons (Fsp3) is 0.333. The molecule has 1 unspecified atom stereocenters. The van der Waals surface area contributed by atoms with Crippen LogP contribution in [-0.4, -0.2) is 17.3 Å². The van der Waals surface area contributed by atoms with Gasteiger partial charge in [-0.25, -0.2) is 0 Å². The van der Waals surface area contributed by atoms with Crippen LogP contribution in [0.1, 0.15) is 28.6 Å². The number of halogens is 1. The van der Waals surface area contributed by atoms with Crippen molar-refractivity contribution in [3.05, 3.63) is 51.3 Å². The van der Waals surface area contributed by atoms with Gasteiger partial charge in [0, 0.05) is 4.47 Å². The van der Waals surface area contributed by atoms with Crippen LogP contribution in [0.2, 0.25) is 0 Å². The van der Waals surface area contributed by atoms with E-state index < -0.39 is 0 Å². The van der Waals surface area contributed by atoms with Crippen LogP contribution in [0.15, 0.2) is 28.7 Å². The Morgan fingerprint density at radius 1 is 1.29 bits per heavy atom. The van der Waals surface area contributed by atoms with Crippen LogP contribution in [0.5, 0.6) is 5.75 Å². The van der Waals surface area contributed by atoms with Gasteiger partial charge >= 0.3 is 0 Å². The molecule has 0 spiro atoms. The van der Waals surface area contributed by atoms with Crippen LogP contribution >= 0.6 is 15.9 Å². The molecule has 0 aliphatic rings. The number of nitrogens with one attached hydrogen (secondary N) is 1. The molecular weight excluding hydrogens is 332 g/mol. The minimum Gasteiger partial charge on any atom is -0.497 e. The Balaban J connectivity index is 2.33. The lowest BCUT2D eigenvalue weighted by atomic mass is 9.98. The highest BCUT2D eigenvalue weighted by molar-refractivity contribution is 9.10. The fourth-order valence-electron chi connectivity index (χ4n) is 2.24. The standard InChI is InChI=1S/C15H19BrN4O/c1-9-6-13(10(2)20-19-9)15(18-17)8-11-7-12(21-3)4-5-14(11)16/h4-7,15,18H,8,17H2,1-3H3. The van der Waals surface area contributed by atoms with Crippen molar-refractivity contribution in [3.63, 3.8) is 0 Å². The molecule has 0 aliphatic carbocycles. The average molecular weight is 351 g/mol. The first-order valence-electron chi connectivity index (χ1n) is 6.64. The van der Waals surface area contributed by atoms with E-state index in [1.165, 1.54) is 0 Å². The molecule has 2 rings (SSSR count). The number of nitrogens with zero attached hydrogens (tertiary/aromatic N) is 2. The van der Waals surface area contributed by atoms with E-state index in [1.54, 1.807) is 7.11 Å². The van der Waals surface area contributed by atoms with Crippen molar-refractivity contribution in [3.8, 4) is 5.75 Å². The van der Waals surface area contributed by atoms with Gasteiger partial charge in [0.15, 0.2) is 0 Å². The maximum Gasteiger partial charge on any atom is 0.119 e. The van der Waals surface area contributed by atoms with Gasteiger partial charge in [-0.2, -0.15) is 10.2 Å². The van der Waals surface area contributed by atoms with E-state index in [0.717, 1.165) is 39.2 Å². The van der Waals surface area contributed by atoms with E-state index in [0.29, 0.717) is 0 Å². The van der Waals surface area contributed by atoms with E-state index in [1.807, 2.05) is 38.1 Å². The van der Waals surface area contributed by atoms with Gasteiger partial charge in [-0.1, -0.05) is 15.9 Å². The zero-order valence-electron chi connectivity index (χ0n) is 12.4. The third kappa shape index (κ3) is 3.78. The Morgan fingerprint density at radius 3 is 2.71 bits per heavy atom. The van der Waals surface area contributed by atoms with Gasteiger partial charge in [0.2, 0.25) is 0 Å². The molecule has 0 aliphatic heterocycles. The van der Waals surface area contributed by atoms with E-state index in [2.05, 4.69) is 31.6 Å². The molecule has 112 valence electrons. The number of benzene rings is 1. The predicted molar refractivity (Wildman–Crippen MR) is 86.0 cm³/mol. The normalized spacial score (nSPS) is 12.2. The summed E-state index contributed by atoms with van der Waals surface area (Å²) in [5, 5.41) is 8.22. The largest absolute Gasteiger partial charge is 0.497 e. The van der Waals surface area contributed by atoms with Crippen molar-refractivity contribution in [1.82, 2.24) is 15.6 Å². The van der Waals surface area contributed by atoms with Gasteiger partial charge in [-0.3, -0.25) is 11.3 Å². The number of hydrogen-bond acceptors (Lipinski definition) is 5. The second-order valence-corrected chi connectivity index (χ2v) is 5.76. The van der Waals surface area contributed by atoms with Crippen molar-refractivity contribution in [2.24, 2.45) is 5.84 Å². The third-order valence-corrected chi connectivity index (χ3v) is 4.17. The smallest absolute Gasteiger partial charge is 0.119 e. The summed E-state index contributed by atoms with van der Waals surface area (Å²) in [5.41, 5.74) is 6.80. The molecule has 1 heterocycles. The number of ether oxygens (including phenoxy) is 1. The van der Waals surface area contributed by atoms with E-state index in [9.17, 15) is 0 Å². The molecule has 0 saturated carbocycles. The molecule has 1 atom stereocenters. The van der Waals surface area contributed by atoms with Gasteiger partial charge in [-0.05, 0) is 55.7 Å². The van der Waals surface area contributed by atoms with Gasteiger partial charge in [-0.15, -0.1) is 0 Å². The second kappa shape index (κ2) is 6.98. The number of methoxy groups -OCH3 is 1. The first kappa shape index (κ1) is 15.9. The Kier molecular flexibility index (Phi) is 5.27. The van der Waals surface area contributed by atoms with Crippen molar-refractivity contribution in [2.45, 2.75) is 26.3 Å². The summed E-state index contributed by atoms with van der Waals surface area (Å²) in [5.74, 6) is 6.57. The Hall–Kier alpha value is -1.50. The van der Waals surface area contributed by atoms with Crippen LogP contribution in [0.4, 0.5) is 0 Å². The van der Waals surface area contributed by atoms with Crippen LogP contribution in [0.25, 0.3) is 0 Å². The van der Waals surface area contributed by atoms with Gasteiger partial charge in [0.05, 0.1) is 24.5 Å². The van der Waals surface area contributed by atoms with Crippen LogP contribution in [0.3, 0.4) is 0 Å². The second-order valence-electron chi connectivity index (χ2n) is 4.91. The SMILES string of the molecule is COc1ccc(Br)c(CC(NN)c2cc(C)nnc2C)c1. The molecule has 21 heavy (non-hydrogen) atoms. The van der Waals surface area contributed by atoms with E-state index >= 15 is 0 Å². The lowest BCUT2D eigenvalue weighted by Crippen LogP contribution is -2.30. The minimum atomic E-state index is -0.0393. The number of hydrazine groups is 1. The highest BCUT2D eigenvalue weighted by Crippen LogP contribution is 2.28. The molecule has 0 amide bonds. The Morgan fingerprint density at radius 2 is 2.05 bits per heavy atom. The summed E-state index contributed by atoms with van der Waals surface area (Å²) in [4.78, 5) is 0. The molecule has 3 N–H and O–H groups in total. The van der Waals surface area contributed by atoms with Crippen molar-refractivity contribution >= 4 is 15.9 Å². The lowest BCUT2D eigenvalue weighted by molar-refractivity contribution is 0.413. The molecule has 2 aromatic rings. The van der Waals surface area contributed by atoms with Gasteiger partial charge in [0.1, 0.15) is 5.75 Å². The fourth-order valence-corrected chi connectivity index (χ4v) is 2.64. The zero-order valence-corrected chi connectivity index (χ0v) is 13.9. The topological polar surface area (TPSA) is 73.1 Å². The number of nitrogens with two attached hydrogens (primary N) is 1. The molecular formula is C15H19BrN4O. The van der Waals surface area contributed by atoms with Gasteiger partial charge < -0.3 is 4.74 Å². The van der Waals surface area contributed by atoms with E-state index in [4.69, 9.17) is 10.6 Å². The van der Waals surface area contributed by atoms with Gasteiger partial charge in [0.25, 0.3) is 0 Å². The Labute approximate surface area is 133 Å². The van der Waals surface area contributed by atoms with Crippen molar-refractivity contribution in [1.29, 1.82) is 0 Å². The summed E-state index contributed by atoms with van der Waals surface area (Å²) in [7, 11) is 1.66. The summed E-state index contributed by atoms with van der Waals surface area (Å²) in [6.07, 6.45) is 0.722. The molecule has 5 nitrogen and oxygen atoms in total. The van der Waals surface area contributed by atoms with Crippen molar-refractivity contribution in [2.75, 3.05) is 7.11 Å². The monoisotopic (exact) mass is 350 g/mol. The maximum atomic E-state index is 5.75. The summed E-state index contributed by atoms with van der Waals surface area (Å²) < 4.78 is 6.31. The highest BCUT2D eigenvalue weighted by Gasteiger charge is 2.16. The maximum absolute atomic E-state index is 5.75. The highest BCUT2D eigenvalue weighted by atomic mass is 79.9. The molecule has 1 aromatic carbocycles. The predicted octanol–water partition coefficient (Wildman–Crippen LogP) is 2.61. The number of hydrogen-bond donors (Lipinski definition) is 2. The summed E-state index contributed by atoms with van der Waals surface area (Å²) in [6.45, 7) is 3.86. The summed E-state index contributed by atoms with van der Waals surface area (Å²) >= 11 is 3.57. The number of aromatic nitrogens is 2. The third-order valence-electron chi connectivity index (χ3n) is 3.39.